The van der Waals surface area contributed by atoms with Crippen molar-refractivity contribution >= 4 is 17.3 Å². The van der Waals surface area contributed by atoms with Gasteiger partial charge in [0, 0.05) is 28.7 Å². The molecular formula is C17H20N2O2S. The van der Waals surface area contributed by atoms with E-state index in [9.17, 15) is 9.90 Å². The van der Waals surface area contributed by atoms with Crippen LogP contribution in [0.4, 0.5) is 0 Å². The number of carboxylic acid groups (broad SMARTS) is 1. The summed E-state index contributed by atoms with van der Waals surface area (Å²) in [5.41, 5.74) is 2.26. The average Bonchev–Trinajstić information content (AvgIpc) is 3.11. The molecule has 1 aliphatic rings. The summed E-state index contributed by atoms with van der Waals surface area (Å²) in [7, 11) is 0. The van der Waals surface area contributed by atoms with Crippen molar-refractivity contribution in [2.24, 2.45) is 0 Å². The topological polar surface area (TPSA) is 53.4 Å². The predicted octanol–water partition coefficient (Wildman–Crippen LogP) is 3.40. The minimum absolute atomic E-state index is 0.00491. The van der Waals surface area contributed by atoms with Crippen LogP contribution in [0.5, 0.6) is 0 Å². The second kappa shape index (κ2) is 6.18. The van der Waals surface area contributed by atoms with Crippen LogP contribution >= 0.6 is 11.3 Å². The number of hydrogen-bond donors (Lipinski definition) is 1. The van der Waals surface area contributed by atoms with E-state index >= 15 is 0 Å². The summed E-state index contributed by atoms with van der Waals surface area (Å²) >= 11 is 1.74. The summed E-state index contributed by atoms with van der Waals surface area (Å²) in [5, 5.41) is 9.55. The Morgan fingerprint density at radius 1 is 1.41 bits per heavy atom. The molecule has 0 saturated carbocycles. The number of likely N-dealkylation sites (tertiary alicyclic amines) is 1. The van der Waals surface area contributed by atoms with Crippen LogP contribution in [-0.2, 0) is 4.79 Å². The number of aliphatic carboxylic acids is 1. The molecule has 0 amide bonds. The maximum Gasteiger partial charge on any atom is 0.320 e. The maximum atomic E-state index is 11.6. The van der Waals surface area contributed by atoms with E-state index in [1.165, 1.54) is 9.75 Å². The SMILES string of the molecule is Cc1ccc(C(c2ccncc2C)N2CCCC2C(=O)O)s1. The molecular weight excluding hydrogens is 296 g/mol. The molecule has 0 aromatic carbocycles. The van der Waals surface area contributed by atoms with Crippen molar-refractivity contribution in [3.05, 3.63) is 51.5 Å². The first-order valence-corrected chi connectivity index (χ1v) is 8.35. The van der Waals surface area contributed by atoms with Crippen molar-refractivity contribution in [2.75, 3.05) is 6.54 Å². The number of aromatic nitrogens is 1. The molecule has 2 aromatic heterocycles. The molecule has 116 valence electrons. The molecule has 22 heavy (non-hydrogen) atoms. The first-order chi connectivity index (χ1) is 10.6. The zero-order chi connectivity index (χ0) is 15.7. The van der Waals surface area contributed by atoms with E-state index in [0.717, 1.165) is 30.5 Å². The standard InChI is InChI=1S/C17H20N2O2S/c1-11-10-18-8-7-13(11)16(15-6-5-12(2)22-15)19-9-3-4-14(19)17(20)21/h5-8,10,14,16H,3-4,9H2,1-2H3,(H,20,21). The van der Waals surface area contributed by atoms with Crippen LogP contribution in [0.1, 0.15) is 39.8 Å². The van der Waals surface area contributed by atoms with Crippen LogP contribution in [-0.4, -0.2) is 33.5 Å². The lowest BCUT2D eigenvalue weighted by molar-refractivity contribution is -0.142. The van der Waals surface area contributed by atoms with E-state index < -0.39 is 12.0 Å². The van der Waals surface area contributed by atoms with E-state index in [1.807, 2.05) is 19.2 Å². The molecule has 1 aliphatic heterocycles. The monoisotopic (exact) mass is 316 g/mol. The highest BCUT2D eigenvalue weighted by Crippen LogP contribution is 2.38. The van der Waals surface area contributed by atoms with Gasteiger partial charge in [-0.1, -0.05) is 0 Å². The summed E-state index contributed by atoms with van der Waals surface area (Å²) in [6, 6.07) is 5.86. The minimum atomic E-state index is -0.720. The largest absolute Gasteiger partial charge is 0.480 e. The summed E-state index contributed by atoms with van der Waals surface area (Å²) in [6.07, 6.45) is 5.30. The molecule has 0 spiro atoms. The second-order valence-corrected chi connectivity index (χ2v) is 7.14. The second-order valence-electron chi connectivity index (χ2n) is 5.82. The van der Waals surface area contributed by atoms with Crippen LogP contribution in [0.2, 0.25) is 0 Å². The van der Waals surface area contributed by atoms with Crippen LogP contribution in [0.15, 0.2) is 30.6 Å². The molecule has 5 heteroatoms. The van der Waals surface area contributed by atoms with Gasteiger partial charge in [0.2, 0.25) is 0 Å². The Morgan fingerprint density at radius 3 is 2.86 bits per heavy atom. The molecule has 4 nitrogen and oxygen atoms in total. The van der Waals surface area contributed by atoms with Gasteiger partial charge in [-0.2, -0.15) is 0 Å². The Balaban J connectivity index is 2.07. The zero-order valence-corrected chi connectivity index (χ0v) is 13.6. The Kier molecular flexibility index (Phi) is 4.27. The third-order valence-corrected chi connectivity index (χ3v) is 5.35. The molecule has 0 aliphatic carbocycles. The highest BCUT2D eigenvalue weighted by Gasteiger charge is 2.37. The Hall–Kier alpha value is -1.72. The third kappa shape index (κ3) is 2.78. The van der Waals surface area contributed by atoms with Crippen LogP contribution in [0.3, 0.4) is 0 Å². The fourth-order valence-electron chi connectivity index (χ4n) is 3.25. The smallest absolute Gasteiger partial charge is 0.320 e. The fourth-order valence-corrected chi connectivity index (χ4v) is 4.27. The molecule has 2 atom stereocenters. The van der Waals surface area contributed by atoms with Gasteiger partial charge in [-0.05, 0) is 56.0 Å². The lowest BCUT2D eigenvalue weighted by Gasteiger charge is -2.31. The molecule has 3 rings (SSSR count). The summed E-state index contributed by atoms with van der Waals surface area (Å²) in [5.74, 6) is -0.720. The number of thiophene rings is 1. The number of aryl methyl sites for hydroxylation is 2. The van der Waals surface area contributed by atoms with Crippen molar-refractivity contribution in [1.29, 1.82) is 0 Å². The van der Waals surface area contributed by atoms with E-state index in [1.54, 1.807) is 17.5 Å². The Bertz CT molecular complexity index is 683. The molecule has 3 heterocycles. The van der Waals surface area contributed by atoms with Crippen molar-refractivity contribution < 1.29 is 9.90 Å². The minimum Gasteiger partial charge on any atom is -0.480 e. The summed E-state index contributed by atoms with van der Waals surface area (Å²) < 4.78 is 0. The molecule has 1 N–H and O–H groups in total. The molecule has 1 fully saturated rings. The number of carbonyl (C=O) groups is 1. The molecule has 2 unspecified atom stereocenters. The van der Waals surface area contributed by atoms with Crippen LogP contribution in [0, 0.1) is 13.8 Å². The van der Waals surface area contributed by atoms with Gasteiger partial charge in [0.15, 0.2) is 0 Å². The lowest BCUT2D eigenvalue weighted by Crippen LogP contribution is -2.39. The number of hydrogen-bond acceptors (Lipinski definition) is 4. The van der Waals surface area contributed by atoms with Crippen molar-refractivity contribution in [1.82, 2.24) is 9.88 Å². The van der Waals surface area contributed by atoms with E-state index in [0.29, 0.717) is 0 Å². The number of nitrogens with zero attached hydrogens (tertiary/aromatic N) is 2. The molecule has 1 saturated heterocycles. The van der Waals surface area contributed by atoms with Gasteiger partial charge < -0.3 is 5.11 Å². The predicted molar refractivity (Wildman–Crippen MR) is 87.2 cm³/mol. The van der Waals surface area contributed by atoms with E-state index in [-0.39, 0.29) is 6.04 Å². The van der Waals surface area contributed by atoms with Crippen molar-refractivity contribution in [3.63, 3.8) is 0 Å². The van der Waals surface area contributed by atoms with Gasteiger partial charge in [0.25, 0.3) is 0 Å². The molecule has 2 aromatic rings. The highest BCUT2D eigenvalue weighted by molar-refractivity contribution is 7.12. The zero-order valence-electron chi connectivity index (χ0n) is 12.8. The quantitative estimate of drug-likeness (QED) is 0.939. The van der Waals surface area contributed by atoms with Gasteiger partial charge in [-0.3, -0.25) is 14.7 Å². The van der Waals surface area contributed by atoms with Crippen molar-refractivity contribution in [3.8, 4) is 0 Å². The molecule has 0 radical (unpaired) electrons. The Labute approximate surface area is 134 Å². The van der Waals surface area contributed by atoms with Crippen LogP contribution < -0.4 is 0 Å². The maximum absolute atomic E-state index is 11.6. The van der Waals surface area contributed by atoms with E-state index in [4.69, 9.17) is 0 Å². The fraction of sp³-hybridized carbons (Fsp3) is 0.412. The number of carboxylic acids is 1. The van der Waals surface area contributed by atoms with Gasteiger partial charge >= 0.3 is 5.97 Å². The summed E-state index contributed by atoms with van der Waals surface area (Å²) in [4.78, 5) is 20.4. The summed E-state index contributed by atoms with van der Waals surface area (Å²) in [6.45, 7) is 4.95. The van der Waals surface area contributed by atoms with Gasteiger partial charge in [0.1, 0.15) is 6.04 Å². The third-order valence-electron chi connectivity index (χ3n) is 4.30. The van der Waals surface area contributed by atoms with Crippen LogP contribution in [0.25, 0.3) is 0 Å². The van der Waals surface area contributed by atoms with Gasteiger partial charge in [-0.15, -0.1) is 11.3 Å². The number of pyridine rings is 1. The average molecular weight is 316 g/mol. The molecule has 0 bridgehead atoms. The van der Waals surface area contributed by atoms with Crippen molar-refractivity contribution in [2.45, 2.75) is 38.8 Å². The van der Waals surface area contributed by atoms with Gasteiger partial charge in [-0.25, -0.2) is 0 Å². The lowest BCUT2D eigenvalue weighted by atomic mass is 9.99. The highest BCUT2D eigenvalue weighted by atomic mass is 32.1. The first-order valence-electron chi connectivity index (χ1n) is 7.53. The Morgan fingerprint density at radius 2 is 2.23 bits per heavy atom. The van der Waals surface area contributed by atoms with Gasteiger partial charge in [0.05, 0.1) is 6.04 Å². The van der Waals surface area contributed by atoms with E-state index in [2.05, 4.69) is 28.9 Å². The normalized spacial score (nSPS) is 20.2. The first kappa shape index (κ1) is 15.2. The number of rotatable bonds is 4.